The van der Waals surface area contributed by atoms with Crippen LogP contribution in [0.25, 0.3) is 0 Å². The minimum atomic E-state index is -1.37. The second-order valence-corrected chi connectivity index (χ2v) is 9.68. The number of aliphatic hydroxyl groups excluding tert-OH is 2. The third-order valence-corrected chi connectivity index (χ3v) is 6.59. The van der Waals surface area contributed by atoms with Crippen molar-refractivity contribution in [3.63, 3.8) is 0 Å². The van der Waals surface area contributed by atoms with E-state index in [2.05, 4.69) is 28.7 Å². The second kappa shape index (κ2) is 9.01. The van der Waals surface area contributed by atoms with Gasteiger partial charge >= 0.3 is 7.12 Å². The molecule has 0 saturated carbocycles. The van der Waals surface area contributed by atoms with Crippen LogP contribution in [0.3, 0.4) is 0 Å². The molecule has 2 atom stereocenters. The minimum Gasteiger partial charge on any atom is -0.399 e. The number of carbonyl (C=O) groups is 1. The molecule has 31 heavy (non-hydrogen) atoms. The molecule has 172 valence electrons. The lowest BCUT2D eigenvalue weighted by atomic mass is 9.81. The summed E-state index contributed by atoms with van der Waals surface area (Å²) in [4.78, 5) is 25.3. The highest BCUT2D eigenvalue weighted by atomic mass is 16.7. The Morgan fingerprint density at radius 2 is 1.84 bits per heavy atom. The van der Waals surface area contributed by atoms with Gasteiger partial charge in [-0.05, 0) is 54.4 Å². The van der Waals surface area contributed by atoms with E-state index in [4.69, 9.17) is 14.4 Å². The number of anilines is 1. The number of carbonyl (C=O) groups excluding carboxylic acids is 1. The van der Waals surface area contributed by atoms with Crippen molar-refractivity contribution in [3.8, 4) is 0 Å². The van der Waals surface area contributed by atoms with Gasteiger partial charge in [0.25, 0.3) is 5.91 Å². The Labute approximate surface area is 184 Å². The molecule has 9 nitrogen and oxygen atoms in total. The maximum absolute atomic E-state index is 12.4. The van der Waals surface area contributed by atoms with Crippen molar-refractivity contribution in [2.24, 2.45) is 0 Å². The molecule has 0 radical (unpaired) electrons. The van der Waals surface area contributed by atoms with Crippen molar-refractivity contribution in [2.45, 2.75) is 83.8 Å². The number of aliphatic hydroxyl groups is 2. The summed E-state index contributed by atoms with van der Waals surface area (Å²) in [6.45, 7) is 12.7. The van der Waals surface area contributed by atoms with Crippen LogP contribution in [0.2, 0.25) is 0 Å². The Kier molecular flexibility index (Phi) is 6.95. The molecule has 0 aliphatic carbocycles. The Balaban J connectivity index is 1.73. The Morgan fingerprint density at radius 1 is 1.26 bits per heavy atom. The van der Waals surface area contributed by atoms with E-state index < -0.39 is 36.9 Å². The van der Waals surface area contributed by atoms with Gasteiger partial charge in [0.05, 0.1) is 17.8 Å². The molecule has 2 aliphatic rings. The molecule has 1 aromatic heterocycles. The summed E-state index contributed by atoms with van der Waals surface area (Å²) in [5.41, 5.74) is -0.106. The molecule has 10 heteroatoms. The topological polar surface area (TPSA) is 108 Å². The van der Waals surface area contributed by atoms with Crippen LogP contribution in [-0.4, -0.2) is 87.2 Å². The molecule has 0 unspecified atom stereocenters. The lowest BCUT2D eigenvalue weighted by Crippen LogP contribution is -2.49. The van der Waals surface area contributed by atoms with E-state index in [1.807, 2.05) is 27.7 Å². The van der Waals surface area contributed by atoms with Gasteiger partial charge in [0.2, 0.25) is 5.95 Å². The molecule has 2 aliphatic heterocycles. The van der Waals surface area contributed by atoms with E-state index in [0.717, 1.165) is 18.3 Å². The first-order valence-corrected chi connectivity index (χ1v) is 11.0. The highest BCUT2D eigenvalue weighted by Gasteiger charge is 2.52. The Hall–Kier alpha value is -1.75. The summed E-state index contributed by atoms with van der Waals surface area (Å²) < 4.78 is 12.1. The molecular formula is C21H35BN4O5. The third kappa shape index (κ3) is 4.87. The predicted molar refractivity (Wildman–Crippen MR) is 118 cm³/mol. The SMILES string of the molecule is CC(C)N(C[C@H]1CCCN1C(=O)[C@H](O)CO)c1ncc(B2OC(C)(C)C(C)(C)O2)cn1. The maximum atomic E-state index is 12.4. The summed E-state index contributed by atoms with van der Waals surface area (Å²) >= 11 is 0. The third-order valence-electron chi connectivity index (χ3n) is 6.59. The van der Waals surface area contributed by atoms with Crippen molar-refractivity contribution >= 4 is 24.4 Å². The average Bonchev–Trinajstić information content (AvgIpc) is 3.26. The van der Waals surface area contributed by atoms with E-state index >= 15 is 0 Å². The van der Waals surface area contributed by atoms with E-state index in [1.54, 1.807) is 17.3 Å². The second-order valence-electron chi connectivity index (χ2n) is 9.68. The summed E-state index contributed by atoms with van der Waals surface area (Å²) in [5, 5.41) is 18.9. The van der Waals surface area contributed by atoms with Gasteiger partial charge in [-0.3, -0.25) is 4.79 Å². The molecule has 0 spiro atoms. The van der Waals surface area contributed by atoms with Gasteiger partial charge < -0.3 is 29.3 Å². The molecule has 2 N–H and O–H groups in total. The number of amides is 1. The molecule has 1 amide bonds. The van der Waals surface area contributed by atoms with Gasteiger partial charge in [0.1, 0.15) is 0 Å². The normalized spacial score (nSPS) is 23.5. The lowest BCUT2D eigenvalue weighted by molar-refractivity contribution is -0.142. The number of aromatic nitrogens is 2. The van der Waals surface area contributed by atoms with Crippen molar-refractivity contribution in [1.82, 2.24) is 14.9 Å². The van der Waals surface area contributed by atoms with Gasteiger partial charge in [-0.1, -0.05) is 0 Å². The summed E-state index contributed by atoms with van der Waals surface area (Å²) in [6, 6.07) is 0.0467. The minimum absolute atomic E-state index is 0.0672. The lowest BCUT2D eigenvalue weighted by Gasteiger charge is -2.34. The largest absolute Gasteiger partial charge is 0.498 e. The van der Waals surface area contributed by atoms with Gasteiger partial charge in [0, 0.05) is 43.0 Å². The van der Waals surface area contributed by atoms with Crippen LogP contribution in [0.5, 0.6) is 0 Å². The van der Waals surface area contributed by atoms with E-state index in [1.165, 1.54) is 0 Å². The zero-order valence-electron chi connectivity index (χ0n) is 19.4. The Bertz CT molecular complexity index is 758. The summed E-state index contributed by atoms with van der Waals surface area (Å²) in [7, 11) is -0.519. The fraction of sp³-hybridized carbons (Fsp3) is 0.762. The predicted octanol–water partition coefficient (Wildman–Crippen LogP) is 0.335. The number of likely N-dealkylation sites (tertiary alicyclic amines) is 1. The fourth-order valence-electron chi connectivity index (χ4n) is 3.92. The molecule has 1 aromatic rings. The fourth-order valence-corrected chi connectivity index (χ4v) is 3.92. The molecule has 0 aromatic carbocycles. The average molecular weight is 434 g/mol. The molecule has 0 bridgehead atoms. The van der Waals surface area contributed by atoms with E-state index in [0.29, 0.717) is 19.0 Å². The molecule has 3 rings (SSSR count). The number of nitrogens with zero attached hydrogens (tertiary/aromatic N) is 4. The van der Waals surface area contributed by atoms with Crippen LogP contribution in [0.15, 0.2) is 12.4 Å². The van der Waals surface area contributed by atoms with Crippen molar-refractivity contribution in [2.75, 3.05) is 24.6 Å². The molecule has 3 heterocycles. The molecule has 2 saturated heterocycles. The van der Waals surface area contributed by atoms with Crippen molar-refractivity contribution in [1.29, 1.82) is 0 Å². The van der Waals surface area contributed by atoms with Gasteiger partial charge in [-0.2, -0.15) is 0 Å². The van der Waals surface area contributed by atoms with Gasteiger partial charge in [-0.15, -0.1) is 0 Å². The van der Waals surface area contributed by atoms with E-state index in [-0.39, 0.29) is 12.1 Å². The highest BCUT2D eigenvalue weighted by Crippen LogP contribution is 2.36. The molecular weight excluding hydrogens is 399 g/mol. The van der Waals surface area contributed by atoms with Crippen LogP contribution < -0.4 is 10.4 Å². The smallest absolute Gasteiger partial charge is 0.399 e. The van der Waals surface area contributed by atoms with Crippen molar-refractivity contribution < 1.29 is 24.3 Å². The van der Waals surface area contributed by atoms with Crippen molar-refractivity contribution in [3.05, 3.63) is 12.4 Å². The van der Waals surface area contributed by atoms with Crippen LogP contribution >= 0.6 is 0 Å². The van der Waals surface area contributed by atoms with Gasteiger partial charge in [0.15, 0.2) is 6.10 Å². The zero-order chi connectivity index (χ0) is 23.0. The van der Waals surface area contributed by atoms with Crippen LogP contribution in [-0.2, 0) is 14.1 Å². The summed E-state index contributed by atoms with van der Waals surface area (Å²) in [5.74, 6) is 0.142. The molecule has 2 fully saturated rings. The summed E-state index contributed by atoms with van der Waals surface area (Å²) in [6.07, 6.45) is 3.78. The number of rotatable bonds is 7. The van der Waals surface area contributed by atoms with Gasteiger partial charge in [-0.25, -0.2) is 9.97 Å². The van der Waals surface area contributed by atoms with Crippen LogP contribution in [0, 0.1) is 0 Å². The van der Waals surface area contributed by atoms with Crippen LogP contribution in [0.4, 0.5) is 5.95 Å². The number of hydrogen-bond acceptors (Lipinski definition) is 8. The highest BCUT2D eigenvalue weighted by molar-refractivity contribution is 6.61. The van der Waals surface area contributed by atoms with E-state index in [9.17, 15) is 9.90 Å². The standard InChI is InChI=1S/C21H35BN4O5/c1-14(2)26(12-16-8-7-9-25(16)18(29)17(28)13-27)19-23-10-15(11-24-19)22-30-20(3,4)21(5,6)31-22/h10-11,14,16-17,27-28H,7-9,12-13H2,1-6H3/t16-,17-/m1/s1. The first-order chi connectivity index (χ1) is 14.5. The Morgan fingerprint density at radius 3 is 2.35 bits per heavy atom. The van der Waals surface area contributed by atoms with Crippen LogP contribution in [0.1, 0.15) is 54.4 Å². The quantitative estimate of drug-likeness (QED) is 0.592. The maximum Gasteiger partial charge on any atom is 0.498 e. The zero-order valence-corrected chi connectivity index (χ0v) is 19.4. The number of hydrogen-bond donors (Lipinski definition) is 2. The first-order valence-electron chi connectivity index (χ1n) is 11.0. The first kappa shape index (κ1) is 23.9. The monoisotopic (exact) mass is 434 g/mol.